The molecular formula is C29H33N5O3. The highest BCUT2D eigenvalue weighted by molar-refractivity contribution is 6.07. The van der Waals surface area contributed by atoms with Crippen LogP contribution in [0.25, 0.3) is 16.5 Å². The lowest BCUT2D eigenvalue weighted by Gasteiger charge is -2.26. The first-order valence-electron chi connectivity index (χ1n) is 12.8. The fraction of sp³-hybridized carbons (Fsp3) is 0.310. The molecule has 5 rings (SSSR count). The van der Waals surface area contributed by atoms with Crippen LogP contribution in [0.15, 0.2) is 72.8 Å². The first-order chi connectivity index (χ1) is 18.1. The molecule has 4 aromatic rings. The minimum absolute atomic E-state index is 0.230. The molecule has 0 atom stereocenters. The smallest absolute Gasteiger partial charge is 0.324 e. The third-order valence-electron chi connectivity index (χ3n) is 6.46. The van der Waals surface area contributed by atoms with Gasteiger partial charge in [-0.2, -0.15) is 5.10 Å². The maximum atomic E-state index is 13.1. The van der Waals surface area contributed by atoms with Crippen molar-refractivity contribution in [1.82, 2.24) is 14.7 Å². The molecule has 8 nitrogen and oxygen atoms in total. The quantitative estimate of drug-likeness (QED) is 0.334. The maximum absolute atomic E-state index is 13.1. The summed E-state index contributed by atoms with van der Waals surface area (Å²) in [4.78, 5) is 15.5. The Kier molecular flexibility index (Phi) is 7.67. The molecular weight excluding hydrogens is 466 g/mol. The number of anilines is 2. The van der Waals surface area contributed by atoms with Crippen molar-refractivity contribution in [3.63, 3.8) is 0 Å². The highest BCUT2D eigenvalue weighted by Crippen LogP contribution is 2.32. The summed E-state index contributed by atoms with van der Waals surface area (Å²) in [6.07, 6.45) is 0. The van der Waals surface area contributed by atoms with Crippen LogP contribution in [0.2, 0.25) is 0 Å². The van der Waals surface area contributed by atoms with Crippen LogP contribution in [-0.2, 0) is 4.74 Å². The van der Waals surface area contributed by atoms with Crippen LogP contribution in [0, 0.1) is 0 Å². The number of nitrogens with zero attached hydrogens (tertiary/aromatic N) is 3. The van der Waals surface area contributed by atoms with Crippen molar-refractivity contribution in [2.75, 3.05) is 50.1 Å². The van der Waals surface area contributed by atoms with Gasteiger partial charge in [0.15, 0.2) is 0 Å². The Bertz CT molecular complexity index is 1350. The zero-order valence-corrected chi connectivity index (χ0v) is 21.3. The maximum Gasteiger partial charge on any atom is 0.324 e. The summed E-state index contributed by atoms with van der Waals surface area (Å²) in [5, 5.41) is 12.6. The van der Waals surface area contributed by atoms with Gasteiger partial charge in [0, 0.05) is 36.5 Å². The standard InChI is InChI=1S/C29H33N5O3/c1-21(2)26-20-28(34(32-26)22-8-4-3-5-9-22)31-29(35)30-25-12-13-27(24-11-7-6-10-23(24)25)37-19-16-33-14-17-36-18-15-33/h3-13,20-21H,14-19H2,1-2H3,(H2,30,31,35). The van der Waals surface area contributed by atoms with Crippen molar-refractivity contribution in [2.24, 2.45) is 0 Å². The van der Waals surface area contributed by atoms with E-state index in [0.717, 1.165) is 60.8 Å². The number of benzene rings is 3. The Balaban J connectivity index is 1.31. The molecule has 1 fully saturated rings. The Morgan fingerprint density at radius 3 is 2.46 bits per heavy atom. The number of morpholine rings is 1. The summed E-state index contributed by atoms with van der Waals surface area (Å²) in [6, 6.07) is 23.1. The van der Waals surface area contributed by atoms with Gasteiger partial charge in [-0.15, -0.1) is 0 Å². The molecule has 2 N–H and O–H groups in total. The normalized spacial score (nSPS) is 14.1. The number of para-hydroxylation sites is 1. The topological polar surface area (TPSA) is 80.6 Å². The van der Waals surface area contributed by atoms with Crippen LogP contribution in [0.4, 0.5) is 16.3 Å². The lowest BCUT2D eigenvalue weighted by Crippen LogP contribution is -2.38. The van der Waals surface area contributed by atoms with Crippen LogP contribution in [-0.4, -0.2) is 60.2 Å². The fourth-order valence-corrected chi connectivity index (χ4v) is 4.42. The molecule has 0 aliphatic carbocycles. The molecule has 2 heterocycles. The number of nitrogens with one attached hydrogen (secondary N) is 2. The predicted octanol–water partition coefficient (Wildman–Crippen LogP) is 5.50. The molecule has 192 valence electrons. The molecule has 0 bridgehead atoms. The number of rotatable bonds is 8. The van der Waals surface area contributed by atoms with Gasteiger partial charge in [-0.3, -0.25) is 10.2 Å². The minimum atomic E-state index is -0.335. The number of carbonyl (C=O) groups is 1. The first-order valence-corrected chi connectivity index (χ1v) is 12.8. The van der Waals surface area contributed by atoms with Gasteiger partial charge in [0.1, 0.15) is 18.2 Å². The van der Waals surface area contributed by atoms with E-state index in [1.807, 2.05) is 72.8 Å². The number of amides is 2. The SMILES string of the molecule is CC(C)c1cc(NC(=O)Nc2ccc(OCCN3CCOCC3)c3ccccc23)n(-c2ccccc2)n1. The largest absolute Gasteiger partial charge is 0.492 e. The molecule has 0 unspecified atom stereocenters. The van der Waals surface area contributed by atoms with Gasteiger partial charge in [0.25, 0.3) is 0 Å². The molecule has 2 amide bonds. The van der Waals surface area contributed by atoms with E-state index in [1.165, 1.54) is 0 Å². The van der Waals surface area contributed by atoms with E-state index in [2.05, 4.69) is 29.4 Å². The van der Waals surface area contributed by atoms with E-state index in [0.29, 0.717) is 18.1 Å². The Labute approximate surface area is 217 Å². The summed E-state index contributed by atoms with van der Waals surface area (Å²) in [6.45, 7) is 9.03. The first kappa shape index (κ1) is 24.8. The summed E-state index contributed by atoms with van der Waals surface area (Å²) in [7, 11) is 0. The van der Waals surface area contributed by atoms with E-state index in [9.17, 15) is 4.79 Å². The second-order valence-electron chi connectivity index (χ2n) is 9.39. The molecule has 1 saturated heterocycles. The van der Waals surface area contributed by atoms with Gasteiger partial charge in [0.05, 0.1) is 30.3 Å². The van der Waals surface area contributed by atoms with Gasteiger partial charge in [-0.25, -0.2) is 9.48 Å². The second-order valence-corrected chi connectivity index (χ2v) is 9.39. The Morgan fingerprint density at radius 2 is 1.70 bits per heavy atom. The second kappa shape index (κ2) is 11.5. The highest BCUT2D eigenvalue weighted by atomic mass is 16.5. The molecule has 0 radical (unpaired) electrons. The average Bonchev–Trinajstić information content (AvgIpc) is 3.35. The third kappa shape index (κ3) is 5.93. The van der Waals surface area contributed by atoms with Gasteiger partial charge in [-0.05, 0) is 30.2 Å². The molecule has 0 saturated carbocycles. The van der Waals surface area contributed by atoms with Crippen molar-refractivity contribution in [3.05, 3.63) is 78.5 Å². The van der Waals surface area contributed by atoms with E-state index < -0.39 is 0 Å². The van der Waals surface area contributed by atoms with Crippen LogP contribution in [0.1, 0.15) is 25.5 Å². The van der Waals surface area contributed by atoms with Crippen LogP contribution in [0.3, 0.4) is 0 Å². The number of hydrogen-bond acceptors (Lipinski definition) is 5. The Morgan fingerprint density at radius 1 is 0.973 bits per heavy atom. The number of carbonyl (C=O) groups excluding carboxylic acids is 1. The van der Waals surface area contributed by atoms with E-state index in [-0.39, 0.29) is 11.9 Å². The van der Waals surface area contributed by atoms with Gasteiger partial charge >= 0.3 is 6.03 Å². The molecule has 1 aliphatic rings. The summed E-state index contributed by atoms with van der Waals surface area (Å²) in [5.74, 6) is 1.65. The molecule has 3 aromatic carbocycles. The van der Waals surface area contributed by atoms with Crippen LogP contribution in [0.5, 0.6) is 5.75 Å². The summed E-state index contributed by atoms with van der Waals surface area (Å²) < 4.78 is 13.3. The third-order valence-corrected chi connectivity index (χ3v) is 6.46. The number of ether oxygens (including phenoxy) is 2. The van der Waals surface area contributed by atoms with E-state index in [4.69, 9.17) is 14.6 Å². The fourth-order valence-electron chi connectivity index (χ4n) is 4.42. The van der Waals surface area contributed by atoms with Crippen LogP contribution < -0.4 is 15.4 Å². The summed E-state index contributed by atoms with van der Waals surface area (Å²) in [5.41, 5.74) is 2.50. The van der Waals surface area contributed by atoms with Crippen molar-refractivity contribution in [3.8, 4) is 11.4 Å². The van der Waals surface area contributed by atoms with Crippen molar-refractivity contribution in [1.29, 1.82) is 0 Å². The molecule has 1 aromatic heterocycles. The lowest BCUT2D eigenvalue weighted by atomic mass is 10.1. The number of hydrogen-bond donors (Lipinski definition) is 2. The number of aromatic nitrogens is 2. The zero-order valence-electron chi connectivity index (χ0n) is 21.3. The van der Waals surface area contributed by atoms with Gasteiger partial charge in [0.2, 0.25) is 0 Å². The van der Waals surface area contributed by atoms with Crippen LogP contribution >= 0.6 is 0 Å². The zero-order chi connectivity index (χ0) is 25.6. The molecule has 1 aliphatic heterocycles. The van der Waals surface area contributed by atoms with E-state index in [1.54, 1.807) is 4.68 Å². The average molecular weight is 500 g/mol. The lowest BCUT2D eigenvalue weighted by molar-refractivity contribution is 0.0323. The molecule has 8 heteroatoms. The minimum Gasteiger partial charge on any atom is -0.492 e. The Hall–Kier alpha value is -3.88. The van der Waals surface area contributed by atoms with E-state index >= 15 is 0 Å². The van der Waals surface area contributed by atoms with Crippen molar-refractivity contribution in [2.45, 2.75) is 19.8 Å². The summed E-state index contributed by atoms with van der Waals surface area (Å²) >= 11 is 0. The van der Waals surface area contributed by atoms with Gasteiger partial charge in [-0.1, -0.05) is 56.3 Å². The highest BCUT2D eigenvalue weighted by Gasteiger charge is 2.16. The van der Waals surface area contributed by atoms with Crippen molar-refractivity contribution < 1.29 is 14.3 Å². The van der Waals surface area contributed by atoms with Gasteiger partial charge < -0.3 is 14.8 Å². The monoisotopic (exact) mass is 499 g/mol. The number of urea groups is 1. The number of fused-ring (bicyclic) bond motifs is 1. The van der Waals surface area contributed by atoms with Crippen molar-refractivity contribution >= 4 is 28.3 Å². The predicted molar refractivity (Wildman–Crippen MR) is 147 cm³/mol. The molecule has 37 heavy (non-hydrogen) atoms. The molecule has 0 spiro atoms.